The number of thiophene rings is 1. The number of hydrogen-bond donors (Lipinski definition) is 1. The quantitative estimate of drug-likeness (QED) is 0.621. The van der Waals surface area contributed by atoms with Gasteiger partial charge in [0.05, 0.1) is 17.7 Å². The summed E-state index contributed by atoms with van der Waals surface area (Å²) in [6.07, 6.45) is 1.51. The molecule has 0 aromatic carbocycles. The third kappa shape index (κ3) is 2.92. The second kappa shape index (κ2) is 5.31. The monoisotopic (exact) mass is 224 g/mol. The Morgan fingerprint density at radius 2 is 2.40 bits per heavy atom. The van der Waals surface area contributed by atoms with Crippen LogP contribution in [0.1, 0.15) is 4.88 Å². The Labute approximate surface area is 92.1 Å². The summed E-state index contributed by atoms with van der Waals surface area (Å²) in [5, 5.41) is 1.91. The Balaban J connectivity index is 2.91. The Bertz CT molecular complexity index is 394. The number of carbonyl (C=O) groups excluding carboxylic acids is 1. The molecule has 0 amide bonds. The SMILES string of the molecule is CN=C(/C=C(\N)c1cccs1)C(=O)OC. The molecule has 0 aliphatic carbocycles. The molecule has 0 unspecified atom stereocenters. The predicted octanol–water partition coefficient (Wildman–Crippen LogP) is 1.29. The van der Waals surface area contributed by atoms with Gasteiger partial charge in [-0.2, -0.15) is 0 Å². The van der Waals surface area contributed by atoms with Crippen LogP contribution in [0.25, 0.3) is 5.70 Å². The molecular weight excluding hydrogens is 212 g/mol. The number of ether oxygens (including phenoxy) is 1. The molecular formula is C10H12N2O2S. The summed E-state index contributed by atoms with van der Waals surface area (Å²) >= 11 is 1.50. The van der Waals surface area contributed by atoms with Gasteiger partial charge in [0.15, 0.2) is 0 Å². The highest BCUT2D eigenvalue weighted by Crippen LogP contribution is 2.15. The van der Waals surface area contributed by atoms with Crippen LogP contribution < -0.4 is 5.73 Å². The van der Waals surface area contributed by atoms with Gasteiger partial charge in [0, 0.05) is 7.05 Å². The fraction of sp³-hybridized carbons (Fsp3) is 0.200. The highest BCUT2D eigenvalue weighted by molar-refractivity contribution is 7.11. The predicted molar refractivity (Wildman–Crippen MR) is 61.9 cm³/mol. The van der Waals surface area contributed by atoms with Crippen LogP contribution in [0.4, 0.5) is 0 Å². The van der Waals surface area contributed by atoms with Crippen LogP contribution in [0.15, 0.2) is 28.6 Å². The standard InChI is InChI=1S/C10H12N2O2S/c1-12-8(10(13)14-2)6-7(11)9-4-3-5-15-9/h3-6H,11H2,1-2H3/b7-6-,12-8?. The molecule has 15 heavy (non-hydrogen) atoms. The first-order chi connectivity index (χ1) is 7.19. The van der Waals surface area contributed by atoms with Gasteiger partial charge >= 0.3 is 5.97 Å². The normalized spacial score (nSPS) is 12.7. The number of esters is 1. The number of carbonyl (C=O) groups is 1. The first kappa shape index (κ1) is 11.5. The molecule has 0 aliphatic heterocycles. The van der Waals surface area contributed by atoms with Crippen molar-refractivity contribution in [3.8, 4) is 0 Å². The van der Waals surface area contributed by atoms with E-state index in [1.54, 1.807) is 0 Å². The van der Waals surface area contributed by atoms with Crippen molar-refractivity contribution in [2.24, 2.45) is 10.7 Å². The Kier molecular flexibility index (Phi) is 4.05. The summed E-state index contributed by atoms with van der Waals surface area (Å²) < 4.78 is 4.56. The van der Waals surface area contributed by atoms with Crippen LogP contribution in [0.3, 0.4) is 0 Å². The molecule has 0 bridgehead atoms. The zero-order valence-electron chi connectivity index (χ0n) is 8.56. The molecule has 0 radical (unpaired) electrons. The van der Waals surface area contributed by atoms with Crippen molar-refractivity contribution in [1.29, 1.82) is 0 Å². The lowest BCUT2D eigenvalue weighted by Gasteiger charge is -2.00. The molecule has 80 valence electrons. The van der Waals surface area contributed by atoms with Crippen LogP contribution in [0.2, 0.25) is 0 Å². The van der Waals surface area contributed by atoms with Gasteiger partial charge in [-0.25, -0.2) is 4.79 Å². The van der Waals surface area contributed by atoms with E-state index in [1.807, 2.05) is 17.5 Å². The van der Waals surface area contributed by atoms with E-state index in [-0.39, 0.29) is 5.71 Å². The summed E-state index contributed by atoms with van der Waals surface area (Å²) in [5.41, 5.74) is 6.51. The first-order valence-corrected chi connectivity index (χ1v) is 5.13. The lowest BCUT2D eigenvalue weighted by atomic mass is 10.2. The zero-order chi connectivity index (χ0) is 11.3. The number of hydrogen-bond acceptors (Lipinski definition) is 5. The van der Waals surface area contributed by atoms with Gasteiger partial charge in [-0.05, 0) is 17.5 Å². The number of rotatable bonds is 3. The summed E-state index contributed by atoms with van der Waals surface area (Å²) in [6, 6.07) is 3.77. The summed E-state index contributed by atoms with van der Waals surface area (Å²) in [7, 11) is 2.83. The molecule has 0 saturated heterocycles. The van der Waals surface area contributed by atoms with Crippen LogP contribution in [-0.4, -0.2) is 25.8 Å². The van der Waals surface area contributed by atoms with E-state index >= 15 is 0 Å². The average Bonchev–Trinajstić information content (AvgIpc) is 2.77. The second-order valence-electron chi connectivity index (χ2n) is 2.68. The van der Waals surface area contributed by atoms with E-state index in [1.165, 1.54) is 31.6 Å². The molecule has 2 N–H and O–H groups in total. The molecule has 1 rings (SSSR count). The van der Waals surface area contributed by atoms with Crippen LogP contribution >= 0.6 is 11.3 Å². The van der Waals surface area contributed by atoms with Crippen molar-refractivity contribution in [2.45, 2.75) is 0 Å². The van der Waals surface area contributed by atoms with Crippen molar-refractivity contribution in [2.75, 3.05) is 14.2 Å². The van der Waals surface area contributed by atoms with Crippen LogP contribution in [-0.2, 0) is 9.53 Å². The van der Waals surface area contributed by atoms with E-state index in [2.05, 4.69) is 9.73 Å². The molecule has 1 heterocycles. The lowest BCUT2D eigenvalue weighted by molar-refractivity contribution is -0.132. The zero-order valence-corrected chi connectivity index (χ0v) is 9.38. The van der Waals surface area contributed by atoms with Crippen molar-refractivity contribution in [1.82, 2.24) is 0 Å². The minimum absolute atomic E-state index is 0.211. The maximum Gasteiger partial charge on any atom is 0.356 e. The third-order valence-electron chi connectivity index (χ3n) is 1.73. The minimum atomic E-state index is -0.489. The Morgan fingerprint density at radius 3 is 2.87 bits per heavy atom. The van der Waals surface area contributed by atoms with Gasteiger partial charge in [0.25, 0.3) is 0 Å². The summed E-state index contributed by atoms with van der Waals surface area (Å²) in [5.74, 6) is -0.489. The maximum absolute atomic E-state index is 11.2. The van der Waals surface area contributed by atoms with Crippen molar-refractivity contribution in [3.63, 3.8) is 0 Å². The van der Waals surface area contributed by atoms with E-state index in [4.69, 9.17) is 5.73 Å². The second-order valence-corrected chi connectivity index (χ2v) is 3.63. The molecule has 0 aliphatic rings. The molecule has 0 fully saturated rings. The largest absolute Gasteiger partial charge is 0.464 e. The van der Waals surface area contributed by atoms with Gasteiger partial charge in [0.2, 0.25) is 0 Å². The van der Waals surface area contributed by atoms with Crippen molar-refractivity contribution in [3.05, 3.63) is 28.5 Å². The minimum Gasteiger partial charge on any atom is -0.464 e. The van der Waals surface area contributed by atoms with Gasteiger partial charge in [-0.15, -0.1) is 11.3 Å². The number of aliphatic imine (C=N–C) groups is 1. The fourth-order valence-electron chi connectivity index (χ4n) is 0.981. The molecule has 1 aromatic heterocycles. The van der Waals surface area contributed by atoms with Gasteiger partial charge in [0.1, 0.15) is 5.71 Å². The molecule has 0 atom stereocenters. The summed E-state index contributed by atoms with van der Waals surface area (Å²) in [6.45, 7) is 0. The van der Waals surface area contributed by atoms with Crippen molar-refractivity contribution < 1.29 is 9.53 Å². The smallest absolute Gasteiger partial charge is 0.356 e. The number of nitrogens with zero attached hydrogens (tertiary/aromatic N) is 1. The third-order valence-corrected chi connectivity index (χ3v) is 2.65. The highest BCUT2D eigenvalue weighted by atomic mass is 32.1. The fourth-order valence-corrected chi connectivity index (χ4v) is 1.64. The van der Waals surface area contributed by atoms with Gasteiger partial charge < -0.3 is 10.5 Å². The average molecular weight is 224 g/mol. The molecule has 4 nitrogen and oxygen atoms in total. The first-order valence-electron chi connectivity index (χ1n) is 4.25. The van der Waals surface area contributed by atoms with E-state index in [0.717, 1.165) is 4.88 Å². The van der Waals surface area contributed by atoms with Crippen LogP contribution in [0.5, 0.6) is 0 Å². The van der Waals surface area contributed by atoms with E-state index in [0.29, 0.717) is 5.70 Å². The Morgan fingerprint density at radius 1 is 1.67 bits per heavy atom. The molecule has 0 spiro atoms. The number of nitrogens with two attached hydrogens (primary N) is 1. The lowest BCUT2D eigenvalue weighted by Crippen LogP contribution is -2.14. The van der Waals surface area contributed by atoms with Crippen LogP contribution in [0, 0.1) is 0 Å². The maximum atomic E-state index is 11.2. The van der Waals surface area contributed by atoms with E-state index in [9.17, 15) is 4.79 Å². The molecule has 1 aromatic rings. The number of methoxy groups -OCH3 is 1. The topological polar surface area (TPSA) is 64.7 Å². The van der Waals surface area contributed by atoms with Crippen molar-refractivity contribution >= 4 is 28.7 Å². The summed E-state index contributed by atoms with van der Waals surface area (Å²) in [4.78, 5) is 15.9. The Hall–Kier alpha value is -1.62. The highest BCUT2D eigenvalue weighted by Gasteiger charge is 2.09. The molecule has 5 heteroatoms. The van der Waals surface area contributed by atoms with E-state index < -0.39 is 5.97 Å². The van der Waals surface area contributed by atoms with Gasteiger partial charge in [-0.1, -0.05) is 6.07 Å². The van der Waals surface area contributed by atoms with Gasteiger partial charge in [-0.3, -0.25) is 4.99 Å². The molecule has 0 saturated carbocycles.